The first-order valence-electron chi connectivity index (χ1n) is 4.53. The first-order chi connectivity index (χ1) is 6.22. The summed E-state index contributed by atoms with van der Waals surface area (Å²) in [4.78, 5) is 20.7. The van der Waals surface area contributed by atoms with Gasteiger partial charge in [0, 0.05) is 5.57 Å². The zero-order chi connectivity index (χ0) is 10.1. The van der Waals surface area contributed by atoms with Crippen LogP contribution in [-0.4, -0.2) is 12.4 Å². The highest BCUT2D eigenvalue weighted by molar-refractivity contribution is 5.91. The quantitative estimate of drug-likeness (QED) is 0.209. The van der Waals surface area contributed by atoms with E-state index in [4.69, 9.17) is 0 Å². The number of unbranched alkanes of at least 4 members (excludes halogenated alkanes) is 3. The molecule has 0 bridgehead atoms. The van der Waals surface area contributed by atoms with Crippen molar-refractivity contribution in [2.45, 2.75) is 39.5 Å². The van der Waals surface area contributed by atoms with Gasteiger partial charge in [-0.1, -0.05) is 25.8 Å². The number of allylic oxidation sites excluding steroid dienone is 1. The lowest BCUT2D eigenvalue weighted by molar-refractivity contribution is -0.148. The number of hydrogen-bond donors (Lipinski definition) is 0. The fourth-order valence-corrected chi connectivity index (χ4v) is 0.933. The highest BCUT2D eigenvalue weighted by Crippen LogP contribution is 2.04. The van der Waals surface area contributed by atoms with Gasteiger partial charge in [-0.2, -0.15) is 0 Å². The summed E-state index contributed by atoms with van der Waals surface area (Å²) in [5.41, 5.74) is 0.503. The Labute approximate surface area is 78.8 Å². The van der Waals surface area contributed by atoms with Gasteiger partial charge < -0.3 is 4.74 Å². The molecular weight excluding hydrogens is 168 g/mol. The molecule has 0 aliphatic rings. The van der Waals surface area contributed by atoms with Crippen molar-refractivity contribution in [2.24, 2.45) is 0 Å². The molecule has 13 heavy (non-hydrogen) atoms. The summed E-state index contributed by atoms with van der Waals surface area (Å²) in [6.07, 6.45) is 6.06. The molecule has 0 N–H and O–H groups in total. The predicted molar refractivity (Wildman–Crippen MR) is 50.1 cm³/mol. The number of hydrogen-bond acceptors (Lipinski definition) is 3. The molecule has 0 saturated carbocycles. The van der Waals surface area contributed by atoms with E-state index < -0.39 is 5.97 Å². The summed E-state index contributed by atoms with van der Waals surface area (Å²) in [6, 6.07) is 0. The number of rotatable bonds is 6. The second-order valence-corrected chi connectivity index (χ2v) is 2.88. The molecule has 0 saturated heterocycles. The number of esters is 1. The van der Waals surface area contributed by atoms with Gasteiger partial charge >= 0.3 is 12.4 Å². The molecule has 0 spiro atoms. The number of carbonyl (C=O) groups is 2. The summed E-state index contributed by atoms with van der Waals surface area (Å²) in [7, 11) is 0. The van der Waals surface area contributed by atoms with E-state index in [0.717, 1.165) is 25.7 Å². The third-order valence-electron chi connectivity index (χ3n) is 1.74. The van der Waals surface area contributed by atoms with E-state index in [1.54, 1.807) is 6.92 Å². The van der Waals surface area contributed by atoms with Crippen molar-refractivity contribution < 1.29 is 14.3 Å². The molecule has 0 aromatic heterocycles. The smallest absolute Gasteiger partial charge is 0.340 e. The summed E-state index contributed by atoms with van der Waals surface area (Å²) >= 11 is 0. The fraction of sp³-hybridized carbons (Fsp3) is 0.600. The van der Waals surface area contributed by atoms with Crippen LogP contribution in [0.15, 0.2) is 11.6 Å². The number of carbonyl (C=O) groups excluding carboxylic acids is 2. The van der Waals surface area contributed by atoms with Crippen molar-refractivity contribution in [3.05, 3.63) is 11.6 Å². The van der Waals surface area contributed by atoms with Crippen molar-refractivity contribution in [3.63, 3.8) is 0 Å². The maximum atomic E-state index is 10.9. The van der Waals surface area contributed by atoms with E-state index >= 15 is 0 Å². The van der Waals surface area contributed by atoms with Crippen LogP contribution < -0.4 is 0 Å². The number of ether oxygens (including phenoxy) is 1. The van der Waals surface area contributed by atoms with Crippen LogP contribution in [0.4, 0.5) is 0 Å². The lowest BCUT2D eigenvalue weighted by Crippen LogP contribution is -2.03. The van der Waals surface area contributed by atoms with E-state index in [0.29, 0.717) is 5.57 Å². The Hall–Kier alpha value is -1.12. The highest BCUT2D eigenvalue weighted by atomic mass is 16.6. The molecule has 0 heterocycles. The van der Waals surface area contributed by atoms with Crippen LogP contribution in [0.2, 0.25) is 0 Å². The van der Waals surface area contributed by atoms with Crippen LogP contribution in [0.3, 0.4) is 0 Å². The van der Waals surface area contributed by atoms with Gasteiger partial charge in [0.15, 0.2) is 0 Å². The summed E-state index contributed by atoms with van der Waals surface area (Å²) in [6.45, 7) is 3.93. The van der Waals surface area contributed by atoms with Crippen LogP contribution in [0.25, 0.3) is 0 Å². The van der Waals surface area contributed by atoms with Crippen LogP contribution >= 0.6 is 0 Å². The molecule has 0 aromatic carbocycles. The molecule has 0 amide bonds. The average Bonchev–Trinajstić information content (AvgIpc) is 2.12. The van der Waals surface area contributed by atoms with Crippen molar-refractivity contribution >= 4 is 12.4 Å². The van der Waals surface area contributed by atoms with Crippen molar-refractivity contribution in [2.75, 3.05) is 0 Å². The summed E-state index contributed by atoms with van der Waals surface area (Å²) < 4.78 is 4.17. The van der Waals surface area contributed by atoms with E-state index in [1.807, 2.05) is 6.08 Å². The molecule has 0 rings (SSSR count). The molecule has 0 atom stereocenters. The highest BCUT2D eigenvalue weighted by Gasteiger charge is 2.03. The Kier molecular flexibility index (Phi) is 6.88. The largest absolute Gasteiger partial charge is 0.392 e. The molecule has 3 heteroatoms. The Balaban J connectivity index is 3.73. The van der Waals surface area contributed by atoms with Crippen molar-refractivity contribution in [3.8, 4) is 0 Å². The van der Waals surface area contributed by atoms with Gasteiger partial charge in [-0.05, 0) is 19.8 Å². The van der Waals surface area contributed by atoms with Gasteiger partial charge in [0.1, 0.15) is 0 Å². The normalized spacial score (nSPS) is 11.1. The first-order valence-corrected chi connectivity index (χ1v) is 4.53. The van der Waals surface area contributed by atoms with E-state index in [-0.39, 0.29) is 6.47 Å². The van der Waals surface area contributed by atoms with Gasteiger partial charge in [0.05, 0.1) is 0 Å². The second-order valence-electron chi connectivity index (χ2n) is 2.88. The molecule has 0 unspecified atom stereocenters. The van der Waals surface area contributed by atoms with Gasteiger partial charge in [0.25, 0.3) is 0 Å². The standard InChI is InChI=1S/C10H16O3/c1-3-4-5-6-7-9(2)10(12)13-8-11/h7-8H,3-6H2,1-2H3. The van der Waals surface area contributed by atoms with Gasteiger partial charge in [-0.3, -0.25) is 4.79 Å². The van der Waals surface area contributed by atoms with Crippen LogP contribution in [0.5, 0.6) is 0 Å². The molecule has 3 nitrogen and oxygen atoms in total. The van der Waals surface area contributed by atoms with Crippen molar-refractivity contribution in [1.82, 2.24) is 0 Å². The first kappa shape index (κ1) is 11.9. The molecule has 0 aromatic rings. The average molecular weight is 184 g/mol. The van der Waals surface area contributed by atoms with Crippen LogP contribution in [-0.2, 0) is 14.3 Å². The Morgan fingerprint density at radius 1 is 1.38 bits per heavy atom. The Morgan fingerprint density at radius 3 is 2.62 bits per heavy atom. The summed E-state index contributed by atoms with van der Waals surface area (Å²) in [5.74, 6) is -0.550. The second kappa shape index (κ2) is 7.53. The molecule has 0 aliphatic carbocycles. The molecule has 0 fully saturated rings. The van der Waals surface area contributed by atoms with E-state index in [9.17, 15) is 9.59 Å². The molecular formula is C10H16O3. The SMILES string of the molecule is CCCCCC=C(C)C(=O)OC=O. The lowest BCUT2D eigenvalue weighted by atomic mass is 10.1. The van der Waals surface area contributed by atoms with Gasteiger partial charge in [-0.25, -0.2) is 4.79 Å². The van der Waals surface area contributed by atoms with Gasteiger partial charge in [0.2, 0.25) is 0 Å². The third-order valence-corrected chi connectivity index (χ3v) is 1.74. The van der Waals surface area contributed by atoms with Crippen molar-refractivity contribution in [1.29, 1.82) is 0 Å². The maximum Gasteiger partial charge on any atom is 0.340 e. The minimum Gasteiger partial charge on any atom is -0.392 e. The van der Waals surface area contributed by atoms with Crippen LogP contribution in [0.1, 0.15) is 39.5 Å². The van der Waals surface area contributed by atoms with E-state index in [2.05, 4.69) is 11.7 Å². The molecule has 0 radical (unpaired) electrons. The zero-order valence-electron chi connectivity index (χ0n) is 8.21. The maximum absolute atomic E-state index is 10.9. The topological polar surface area (TPSA) is 43.4 Å². The minimum atomic E-state index is -0.550. The fourth-order valence-electron chi connectivity index (χ4n) is 0.933. The van der Waals surface area contributed by atoms with Gasteiger partial charge in [-0.15, -0.1) is 0 Å². The third kappa shape index (κ3) is 6.08. The Bertz CT molecular complexity index is 194. The minimum absolute atomic E-state index is 0.158. The van der Waals surface area contributed by atoms with Crippen LogP contribution in [0, 0.1) is 0 Å². The Morgan fingerprint density at radius 2 is 2.08 bits per heavy atom. The zero-order valence-corrected chi connectivity index (χ0v) is 8.21. The summed E-state index contributed by atoms with van der Waals surface area (Å²) in [5, 5.41) is 0. The van der Waals surface area contributed by atoms with E-state index in [1.165, 1.54) is 0 Å². The molecule has 0 aliphatic heterocycles. The predicted octanol–water partition coefficient (Wildman–Crippen LogP) is 2.21. The molecule has 74 valence electrons. The monoisotopic (exact) mass is 184 g/mol. The lowest BCUT2D eigenvalue weighted by Gasteiger charge is -1.97.